The van der Waals surface area contributed by atoms with Crippen molar-refractivity contribution in [2.75, 3.05) is 0 Å². The number of likely N-dealkylation sites (tertiary alicyclic amines) is 1. The molecule has 2 unspecified atom stereocenters. The van der Waals surface area contributed by atoms with Gasteiger partial charge in [0.1, 0.15) is 0 Å². The lowest BCUT2D eigenvalue weighted by molar-refractivity contribution is -0.136. The van der Waals surface area contributed by atoms with Crippen LogP contribution in [0.25, 0.3) is 0 Å². The maximum atomic E-state index is 12.2. The van der Waals surface area contributed by atoms with Crippen molar-refractivity contribution in [1.29, 1.82) is 0 Å². The van der Waals surface area contributed by atoms with Crippen LogP contribution < -0.4 is 0 Å². The molecule has 1 aliphatic heterocycles. The number of aryl methyl sites for hydroxylation is 1. The predicted molar refractivity (Wildman–Crippen MR) is 62.4 cm³/mol. The van der Waals surface area contributed by atoms with Gasteiger partial charge in [0.25, 0.3) is 0 Å². The molecule has 1 amide bonds. The average Bonchev–Trinajstić information content (AvgIpc) is 2.63. The molecular formula is C12H19N3O2. The average molecular weight is 237 g/mol. The van der Waals surface area contributed by atoms with Gasteiger partial charge in [-0.05, 0) is 33.1 Å². The molecule has 5 nitrogen and oxygen atoms in total. The van der Waals surface area contributed by atoms with Crippen LogP contribution in [0.2, 0.25) is 0 Å². The number of hydrogen-bond acceptors (Lipinski definition) is 4. The monoisotopic (exact) mass is 237 g/mol. The van der Waals surface area contributed by atoms with Gasteiger partial charge in [0, 0.05) is 19.0 Å². The molecular weight excluding hydrogens is 218 g/mol. The van der Waals surface area contributed by atoms with Gasteiger partial charge in [0.15, 0.2) is 5.82 Å². The number of carbonyl (C=O) groups is 1. The van der Waals surface area contributed by atoms with Gasteiger partial charge in [0.2, 0.25) is 11.8 Å². The van der Waals surface area contributed by atoms with Crippen LogP contribution in [-0.4, -0.2) is 33.0 Å². The summed E-state index contributed by atoms with van der Waals surface area (Å²) in [6, 6.07) is 0.637. The summed E-state index contributed by atoms with van der Waals surface area (Å²) >= 11 is 0. The Kier molecular flexibility index (Phi) is 3.45. The van der Waals surface area contributed by atoms with Crippen LogP contribution in [-0.2, 0) is 11.2 Å². The summed E-state index contributed by atoms with van der Waals surface area (Å²) in [5, 5.41) is 3.77. The molecule has 0 aliphatic carbocycles. The molecule has 2 atom stereocenters. The third-order valence-corrected chi connectivity index (χ3v) is 3.36. The predicted octanol–water partition coefficient (Wildman–Crippen LogP) is 1.71. The lowest BCUT2D eigenvalue weighted by atomic mass is 9.97. The van der Waals surface area contributed by atoms with E-state index in [2.05, 4.69) is 24.0 Å². The van der Waals surface area contributed by atoms with E-state index in [0.29, 0.717) is 23.8 Å². The molecule has 2 rings (SSSR count). The molecule has 1 fully saturated rings. The van der Waals surface area contributed by atoms with E-state index in [4.69, 9.17) is 4.52 Å². The fourth-order valence-electron chi connectivity index (χ4n) is 2.55. The first kappa shape index (κ1) is 12.1. The van der Waals surface area contributed by atoms with Crippen molar-refractivity contribution in [3.05, 3.63) is 11.7 Å². The lowest BCUT2D eigenvalue weighted by Gasteiger charge is -2.38. The van der Waals surface area contributed by atoms with Crippen LogP contribution >= 0.6 is 0 Å². The summed E-state index contributed by atoms with van der Waals surface area (Å²) in [4.78, 5) is 18.2. The van der Waals surface area contributed by atoms with Crippen LogP contribution in [0.4, 0.5) is 0 Å². The first-order chi connectivity index (χ1) is 8.08. The van der Waals surface area contributed by atoms with Crippen molar-refractivity contribution in [3.63, 3.8) is 0 Å². The van der Waals surface area contributed by atoms with Gasteiger partial charge in [0.05, 0.1) is 6.42 Å². The molecule has 1 saturated heterocycles. The van der Waals surface area contributed by atoms with Crippen molar-refractivity contribution >= 4 is 5.91 Å². The zero-order chi connectivity index (χ0) is 12.4. The van der Waals surface area contributed by atoms with Crippen LogP contribution in [0.1, 0.15) is 44.8 Å². The maximum Gasteiger partial charge on any atom is 0.230 e. The highest BCUT2D eigenvalue weighted by Crippen LogP contribution is 2.23. The molecule has 17 heavy (non-hydrogen) atoms. The Balaban J connectivity index is 2.03. The molecule has 2 heterocycles. The SMILES string of the molecule is Cc1nc(CC(=O)N2C(C)CCCC2C)no1. The van der Waals surface area contributed by atoms with E-state index < -0.39 is 0 Å². The minimum Gasteiger partial charge on any atom is -0.340 e. The van der Waals surface area contributed by atoms with E-state index in [0.717, 1.165) is 12.8 Å². The zero-order valence-electron chi connectivity index (χ0n) is 10.6. The molecule has 1 aromatic rings. The van der Waals surface area contributed by atoms with Crippen molar-refractivity contribution < 1.29 is 9.32 Å². The van der Waals surface area contributed by atoms with E-state index in [1.807, 2.05) is 4.90 Å². The number of aromatic nitrogens is 2. The van der Waals surface area contributed by atoms with Gasteiger partial charge >= 0.3 is 0 Å². The third-order valence-electron chi connectivity index (χ3n) is 3.36. The van der Waals surface area contributed by atoms with E-state index in [-0.39, 0.29) is 12.3 Å². The quantitative estimate of drug-likeness (QED) is 0.785. The molecule has 0 saturated carbocycles. The van der Waals surface area contributed by atoms with Crippen molar-refractivity contribution in [2.24, 2.45) is 0 Å². The van der Waals surface area contributed by atoms with E-state index >= 15 is 0 Å². The fraction of sp³-hybridized carbons (Fsp3) is 0.750. The highest BCUT2D eigenvalue weighted by atomic mass is 16.5. The second-order valence-corrected chi connectivity index (χ2v) is 4.84. The maximum absolute atomic E-state index is 12.2. The topological polar surface area (TPSA) is 59.2 Å². The van der Waals surface area contributed by atoms with Crippen LogP contribution in [0, 0.1) is 6.92 Å². The molecule has 1 aliphatic rings. The normalized spacial score (nSPS) is 25.0. The first-order valence-corrected chi connectivity index (χ1v) is 6.18. The minimum atomic E-state index is 0.102. The largest absolute Gasteiger partial charge is 0.340 e. The minimum absolute atomic E-state index is 0.102. The van der Waals surface area contributed by atoms with Crippen molar-refractivity contribution in [3.8, 4) is 0 Å². The lowest BCUT2D eigenvalue weighted by Crippen LogP contribution is -2.48. The number of nitrogens with zero attached hydrogens (tertiary/aromatic N) is 3. The van der Waals surface area contributed by atoms with Crippen LogP contribution in [0.5, 0.6) is 0 Å². The molecule has 1 aromatic heterocycles. The number of rotatable bonds is 2. The number of carbonyl (C=O) groups excluding carboxylic acids is 1. The van der Waals surface area contributed by atoms with Gasteiger partial charge in [-0.25, -0.2) is 0 Å². The van der Waals surface area contributed by atoms with Gasteiger partial charge < -0.3 is 9.42 Å². The molecule has 94 valence electrons. The standard InChI is InChI=1S/C12H19N3O2/c1-8-5-4-6-9(2)15(8)12(16)7-11-13-10(3)17-14-11/h8-9H,4-7H2,1-3H3. The van der Waals surface area contributed by atoms with Crippen molar-refractivity contribution in [2.45, 2.75) is 58.5 Å². The first-order valence-electron chi connectivity index (χ1n) is 6.18. The van der Waals surface area contributed by atoms with Crippen LogP contribution in [0.15, 0.2) is 4.52 Å². The van der Waals surface area contributed by atoms with Gasteiger partial charge in [-0.2, -0.15) is 4.98 Å². The summed E-state index contributed by atoms with van der Waals surface area (Å²) in [6.45, 7) is 5.94. The number of piperidine rings is 1. The van der Waals surface area contributed by atoms with E-state index in [1.54, 1.807) is 6.92 Å². The highest BCUT2D eigenvalue weighted by Gasteiger charge is 2.29. The Bertz CT molecular complexity index is 392. The third kappa shape index (κ3) is 2.65. The molecule has 0 radical (unpaired) electrons. The molecule has 0 spiro atoms. The summed E-state index contributed by atoms with van der Waals surface area (Å²) in [6.07, 6.45) is 3.61. The Morgan fingerprint density at radius 2 is 2.06 bits per heavy atom. The Hall–Kier alpha value is -1.39. The van der Waals surface area contributed by atoms with Crippen LogP contribution in [0.3, 0.4) is 0 Å². The van der Waals surface area contributed by atoms with E-state index in [9.17, 15) is 4.79 Å². The Labute approximate surface area is 101 Å². The Morgan fingerprint density at radius 1 is 1.41 bits per heavy atom. The molecule has 0 aromatic carbocycles. The van der Waals surface area contributed by atoms with Gasteiger partial charge in [-0.15, -0.1) is 0 Å². The zero-order valence-corrected chi connectivity index (χ0v) is 10.6. The summed E-state index contributed by atoms with van der Waals surface area (Å²) in [5.74, 6) is 1.09. The second kappa shape index (κ2) is 4.85. The van der Waals surface area contributed by atoms with Gasteiger partial charge in [-0.1, -0.05) is 5.16 Å². The smallest absolute Gasteiger partial charge is 0.230 e. The Morgan fingerprint density at radius 3 is 2.59 bits per heavy atom. The summed E-state index contributed by atoms with van der Waals surface area (Å²) in [7, 11) is 0. The molecule has 0 bridgehead atoms. The summed E-state index contributed by atoms with van der Waals surface area (Å²) < 4.78 is 4.87. The second-order valence-electron chi connectivity index (χ2n) is 4.84. The highest BCUT2D eigenvalue weighted by molar-refractivity contribution is 5.78. The number of amides is 1. The molecule has 0 N–H and O–H groups in total. The molecule has 5 heteroatoms. The summed E-state index contributed by atoms with van der Waals surface area (Å²) in [5.41, 5.74) is 0. The fourth-order valence-corrected chi connectivity index (χ4v) is 2.55. The van der Waals surface area contributed by atoms with Gasteiger partial charge in [-0.3, -0.25) is 4.79 Å². The van der Waals surface area contributed by atoms with Crippen molar-refractivity contribution in [1.82, 2.24) is 15.0 Å². The number of hydrogen-bond donors (Lipinski definition) is 0. The van der Waals surface area contributed by atoms with E-state index in [1.165, 1.54) is 6.42 Å².